The molecule has 2 aromatic carbocycles. The molecule has 1 heterocycles. The van der Waals surface area contributed by atoms with Crippen LogP contribution < -0.4 is 24.3 Å². The minimum Gasteiger partial charge on any atom is -0.493 e. The Balaban J connectivity index is 1.65. The monoisotopic (exact) mass is 371 g/mol. The first-order valence-electron chi connectivity index (χ1n) is 8.96. The molecule has 0 spiro atoms. The van der Waals surface area contributed by atoms with Crippen LogP contribution in [0.1, 0.15) is 30.0 Å². The molecule has 0 radical (unpaired) electrons. The maximum atomic E-state index is 12.5. The smallest absolute Gasteiger partial charge is 0.220 e. The van der Waals surface area contributed by atoms with Crippen molar-refractivity contribution in [3.8, 4) is 23.0 Å². The molecular weight excluding hydrogens is 346 g/mol. The summed E-state index contributed by atoms with van der Waals surface area (Å²) in [5, 5.41) is 3.12. The summed E-state index contributed by atoms with van der Waals surface area (Å²) in [7, 11) is 4.73. The number of hydrogen-bond acceptors (Lipinski definition) is 5. The first kappa shape index (κ1) is 18.9. The maximum absolute atomic E-state index is 12.5. The molecule has 144 valence electrons. The Morgan fingerprint density at radius 2 is 1.81 bits per heavy atom. The molecule has 0 aliphatic carbocycles. The zero-order valence-electron chi connectivity index (χ0n) is 15.9. The lowest BCUT2D eigenvalue weighted by Gasteiger charge is -2.26. The third kappa shape index (κ3) is 4.27. The lowest BCUT2D eigenvalue weighted by molar-refractivity contribution is -0.122. The fraction of sp³-hybridized carbons (Fsp3) is 0.381. The second-order valence-corrected chi connectivity index (χ2v) is 6.33. The predicted molar refractivity (Wildman–Crippen MR) is 102 cm³/mol. The van der Waals surface area contributed by atoms with Gasteiger partial charge in [-0.1, -0.05) is 18.2 Å². The van der Waals surface area contributed by atoms with Crippen molar-refractivity contribution >= 4 is 5.91 Å². The molecule has 3 rings (SSSR count). The summed E-state index contributed by atoms with van der Waals surface area (Å²) in [4.78, 5) is 12.5. The summed E-state index contributed by atoms with van der Waals surface area (Å²) >= 11 is 0. The van der Waals surface area contributed by atoms with Crippen LogP contribution in [0.15, 0.2) is 36.4 Å². The number of amides is 1. The van der Waals surface area contributed by atoms with Crippen molar-refractivity contribution in [3.63, 3.8) is 0 Å². The molecule has 2 aromatic rings. The van der Waals surface area contributed by atoms with E-state index in [1.54, 1.807) is 21.3 Å². The number of methoxy groups -OCH3 is 3. The summed E-state index contributed by atoms with van der Waals surface area (Å²) in [5.74, 6) is 2.58. The molecule has 6 nitrogen and oxygen atoms in total. The highest BCUT2D eigenvalue weighted by atomic mass is 16.5. The highest BCUT2D eigenvalue weighted by Crippen LogP contribution is 2.38. The van der Waals surface area contributed by atoms with Crippen LogP contribution >= 0.6 is 0 Å². The average Bonchev–Trinajstić information content (AvgIpc) is 2.71. The number of carbonyl (C=O) groups is 1. The van der Waals surface area contributed by atoms with Crippen LogP contribution in [0.5, 0.6) is 23.0 Å². The fourth-order valence-electron chi connectivity index (χ4n) is 3.30. The Kier molecular flexibility index (Phi) is 6.06. The van der Waals surface area contributed by atoms with Crippen LogP contribution in [0.2, 0.25) is 0 Å². The first-order chi connectivity index (χ1) is 13.2. The van der Waals surface area contributed by atoms with Crippen molar-refractivity contribution in [3.05, 3.63) is 47.5 Å². The Hall–Kier alpha value is -2.89. The van der Waals surface area contributed by atoms with Gasteiger partial charge in [-0.2, -0.15) is 0 Å². The molecular formula is C21H25NO5. The van der Waals surface area contributed by atoms with E-state index in [0.29, 0.717) is 36.7 Å². The predicted octanol–water partition coefficient (Wildman–Crippen LogP) is 3.29. The van der Waals surface area contributed by atoms with Gasteiger partial charge in [0.05, 0.1) is 34.0 Å². The maximum Gasteiger partial charge on any atom is 0.220 e. The first-order valence-corrected chi connectivity index (χ1v) is 8.96. The molecule has 0 saturated carbocycles. The second kappa shape index (κ2) is 8.66. The zero-order valence-corrected chi connectivity index (χ0v) is 15.9. The highest BCUT2D eigenvalue weighted by molar-refractivity contribution is 5.77. The quantitative estimate of drug-likeness (QED) is 0.809. The molecule has 0 aromatic heterocycles. The van der Waals surface area contributed by atoms with E-state index in [-0.39, 0.29) is 11.9 Å². The number of fused-ring (bicyclic) bond motifs is 1. The zero-order chi connectivity index (χ0) is 19.2. The summed E-state index contributed by atoms with van der Waals surface area (Å²) in [6, 6.07) is 11.6. The van der Waals surface area contributed by atoms with Gasteiger partial charge in [-0.05, 0) is 30.2 Å². The van der Waals surface area contributed by atoms with E-state index in [1.165, 1.54) is 0 Å². The summed E-state index contributed by atoms with van der Waals surface area (Å²) in [6.07, 6.45) is 1.72. The number of hydrogen-bond donors (Lipinski definition) is 1. The van der Waals surface area contributed by atoms with Crippen LogP contribution in [0, 0.1) is 0 Å². The largest absolute Gasteiger partial charge is 0.493 e. The van der Waals surface area contributed by atoms with Crippen molar-refractivity contribution < 1.29 is 23.7 Å². The Morgan fingerprint density at radius 3 is 2.48 bits per heavy atom. The van der Waals surface area contributed by atoms with E-state index in [4.69, 9.17) is 18.9 Å². The van der Waals surface area contributed by atoms with Crippen molar-refractivity contribution in [2.75, 3.05) is 27.9 Å². The summed E-state index contributed by atoms with van der Waals surface area (Å²) in [5.41, 5.74) is 1.98. The van der Waals surface area contributed by atoms with Crippen molar-refractivity contribution in [1.82, 2.24) is 5.32 Å². The molecule has 1 atom stereocenters. The summed E-state index contributed by atoms with van der Waals surface area (Å²) in [6.45, 7) is 0.606. The van der Waals surface area contributed by atoms with Gasteiger partial charge >= 0.3 is 0 Å². The fourth-order valence-corrected chi connectivity index (χ4v) is 3.30. The molecule has 1 N–H and O–H groups in total. The number of ether oxygens (including phenoxy) is 4. The highest BCUT2D eigenvalue weighted by Gasteiger charge is 2.22. The SMILES string of the molecule is COc1cc(CCC(=O)NC2CCOc3ccccc32)cc(OC)c1OC. The van der Waals surface area contributed by atoms with E-state index >= 15 is 0 Å². The normalized spacial score (nSPS) is 15.3. The minimum atomic E-state index is -0.0117. The van der Waals surface area contributed by atoms with Crippen molar-refractivity contribution in [2.24, 2.45) is 0 Å². The second-order valence-electron chi connectivity index (χ2n) is 6.33. The molecule has 27 heavy (non-hydrogen) atoms. The Labute approximate surface area is 159 Å². The molecule has 1 aliphatic rings. The minimum absolute atomic E-state index is 0.00505. The number of nitrogens with one attached hydrogen (secondary N) is 1. The summed E-state index contributed by atoms with van der Waals surface area (Å²) < 4.78 is 21.7. The van der Waals surface area contributed by atoms with Crippen molar-refractivity contribution in [2.45, 2.75) is 25.3 Å². The van der Waals surface area contributed by atoms with E-state index in [1.807, 2.05) is 36.4 Å². The van der Waals surface area contributed by atoms with Crippen LogP contribution in [0.25, 0.3) is 0 Å². The number of benzene rings is 2. The molecule has 0 saturated heterocycles. The molecule has 1 unspecified atom stereocenters. The molecule has 1 amide bonds. The van der Waals surface area contributed by atoms with Gasteiger partial charge < -0.3 is 24.3 Å². The topological polar surface area (TPSA) is 66.0 Å². The lowest BCUT2D eigenvalue weighted by atomic mass is 10.00. The van der Waals surface area contributed by atoms with Gasteiger partial charge in [-0.3, -0.25) is 4.79 Å². The van der Waals surface area contributed by atoms with Gasteiger partial charge in [0.25, 0.3) is 0 Å². The molecule has 0 fully saturated rings. The van der Waals surface area contributed by atoms with Gasteiger partial charge in [0, 0.05) is 18.4 Å². The third-order valence-electron chi connectivity index (χ3n) is 4.66. The van der Waals surface area contributed by atoms with Crippen LogP contribution in [-0.2, 0) is 11.2 Å². The van der Waals surface area contributed by atoms with E-state index in [0.717, 1.165) is 23.3 Å². The lowest BCUT2D eigenvalue weighted by Crippen LogP contribution is -2.32. The van der Waals surface area contributed by atoms with Gasteiger partial charge in [-0.15, -0.1) is 0 Å². The molecule has 0 bridgehead atoms. The number of carbonyl (C=O) groups excluding carboxylic acids is 1. The van der Waals surface area contributed by atoms with Crippen molar-refractivity contribution in [1.29, 1.82) is 0 Å². The van der Waals surface area contributed by atoms with Crippen LogP contribution in [0.3, 0.4) is 0 Å². The number of para-hydroxylation sites is 1. The van der Waals surface area contributed by atoms with Crippen LogP contribution in [0.4, 0.5) is 0 Å². The van der Waals surface area contributed by atoms with Gasteiger partial charge in [0.15, 0.2) is 11.5 Å². The van der Waals surface area contributed by atoms with Gasteiger partial charge in [0.2, 0.25) is 11.7 Å². The van der Waals surface area contributed by atoms with Crippen LogP contribution in [-0.4, -0.2) is 33.8 Å². The molecule has 6 heteroatoms. The average molecular weight is 371 g/mol. The number of rotatable bonds is 7. The van der Waals surface area contributed by atoms with E-state index in [2.05, 4.69) is 5.32 Å². The van der Waals surface area contributed by atoms with Gasteiger partial charge in [0.1, 0.15) is 5.75 Å². The molecule has 1 aliphatic heterocycles. The standard InChI is InChI=1S/C21H25NO5/c1-24-18-12-14(13-19(25-2)21(18)26-3)8-9-20(23)22-16-10-11-27-17-7-5-4-6-15(16)17/h4-7,12-13,16H,8-11H2,1-3H3,(H,22,23). The Bertz CT molecular complexity index is 780. The van der Waals surface area contributed by atoms with Gasteiger partial charge in [-0.25, -0.2) is 0 Å². The van der Waals surface area contributed by atoms with E-state index < -0.39 is 0 Å². The van der Waals surface area contributed by atoms with E-state index in [9.17, 15) is 4.79 Å². The Morgan fingerprint density at radius 1 is 1.11 bits per heavy atom. The third-order valence-corrected chi connectivity index (χ3v) is 4.66. The number of aryl methyl sites for hydroxylation is 1.